The number of benzene rings is 4. The maximum absolute atomic E-state index is 12.5. The second kappa shape index (κ2) is 8.50. The third kappa shape index (κ3) is 3.69. The van der Waals surface area contributed by atoms with Gasteiger partial charge in [0, 0.05) is 19.0 Å². The molecule has 2 nitrogen and oxygen atoms in total. The third-order valence-electron chi connectivity index (χ3n) is 6.52. The quantitative estimate of drug-likeness (QED) is 0.452. The lowest BCUT2D eigenvalue weighted by Crippen LogP contribution is -2.64. The van der Waals surface area contributed by atoms with Crippen molar-refractivity contribution < 1.29 is 5.11 Å². The first kappa shape index (κ1) is 19.7. The second-order valence-corrected chi connectivity index (χ2v) is 8.38. The highest BCUT2D eigenvalue weighted by atomic mass is 16.3. The highest BCUT2D eigenvalue weighted by molar-refractivity contribution is 5.42. The summed E-state index contributed by atoms with van der Waals surface area (Å²) in [5.74, 6) is 0.246. The lowest BCUT2D eigenvalue weighted by Gasteiger charge is -2.56. The van der Waals surface area contributed by atoms with Crippen molar-refractivity contribution in [1.82, 2.24) is 4.90 Å². The van der Waals surface area contributed by atoms with Gasteiger partial charge < -0.3 is 5.11 Å². The van der Waals surface area contributed by atoms with Crippen LogP contribution in [-0.2, 0) is 12.1 Å². The minimum atomic E-state index is -1.12. The van der Waals surface area contributed by atoms with E-state index in [1.54, 1.807) is 0 Å². The number of rotatable bonds is 6. The zero-order valence-electron chi connectivity index (χ0n) is 17.5. The summed E-state index contributed by atoms with van der Waals surface area (Å²) in [7, 11) is 0. The van der Waals surface area contributed by atoms with Crippen molar-refractivity contribution in [3.05, 3.63) is 144 Å². The number of aliphatic hydroxyl groups is 1. The smallest absolute Gasteiger partial charge is 0.131 e. The molecule has 2 heteroatoms. The van der Waals surface area contributed by atoms with Crippen LogP contribution >= 0.6 is 0 Å². The van der Waals surface area contributed by atoms with Crippen LogP contribution in [0.15, 0.2) is 121 Å². The summed E-state index contributed by atoms with van der Waals surface area (Å²) in [4.78, 5) is 2.42. The van der Waals surface area contributed by atoms with Gasteiger partial charge in [-0.1, -0.05) is 121 Å². The molecule has 31 heavy (non-hydrogen) atoms. The van der Waals surface area contributed by atoms with E-state index in [0.29, 0.717) is 0 Å². The predicted octanol–water partition coefficient (Wildman–Crippen LogP) is 5.59. The molecule has 5 rings (SSSR count). The molecule has 1 heterocycles. The summed E-state index contributed by atoms with van der Waals surface area (Å²) in [5.41, 5.74) is 3.30. The molecule has 0 aliphatic carbocycles. The van der Waals surface area contributed by atoms with Crippen LogP contribution in [-0.4, -0.2) is 22.6 Å². The van der Waals surface area contributed by atoms with Gasteiger partial charge in [0.1, 0.15) is 5.60 Å². The maximum Gasteiger partial charge on any atom is 0.131 e. The monoisotopic (exact) mass is 405 g/mol. The van der Waals surface area contributed by atoms with Gasteiger partial charge in [-0.05, 0) is 22.3 Å². The van der Waals surface area contributed by atoms with Crippen molar-refractivity contribution in [3.8, 4) is 0 Å². The van der Waals surface area contributed by atoms with E-state index in [1.165, 1.54) is 11.1 Å². The van der Waals surface area contributed by atoms with E-state index in [0.717, 1.165) is 24.2 Å². The second-order valence-electron chi connectivity index (χ2n) is 8.38. The van der Waals surface area contributed by atoms with Gasteiger partial charge in [0.05, 0.1) is 6.04 Å². The molecule has 0 unspecified atom stereocenters. The van der Waals surface area contributed by atoms with Crippen molar-refractivity contribution >= 4 is 0 Å². The molecule has 4 aromatic carbocycles. The van der Waals surface area contributed by atoms with E-state index >= 15 is 0 Å². The standard InChI is InChI=1S/C29H27NO/c31-29(25-17-9-3-10-18-25,26-19-11-4-12-20-26)28-27(24-15-7-2-8-16-24)22-30(28)21-23-13-5-1-6-14-23/h1-20,27-28,31H,21-22H2/t27-,28+/m0/s1. The molecule has 1 aliphatic heterocycles. The van der Waals surface area contributed by atoms with Crippen molar-refractivity contribution in [1.29, 1.82) is 0 Å². The van der Waals surface area contributed by atoms with E-state index in [1.807, 2.05) is 66.7 Å². The van der Waals surface area contributed by atoms with E-state index in [2.05, 4.69) is 59.5 Å². The summed E-state index contributed by atoms with van der Waals surface area (Å²) >= 11 is 0. The average Bonchev–Trinajstić information content (AvgIpc) is 2.84. The van der Waals surface area contributed by atoms with Crippen LogP contribution in [0.4, 0.5) is 0 Å². The Morgan fingerprint density at radius 2 is 1.10 bits per heavy atom. The fourth-order valence-electron chi connectivity index (χ4n) is 5.00. The number of likely N-dealkylation sites (tertiary alicyclic amines) is 1. The molecule has 154 valence electrons. The zero-order valence-corrected chi connectivity index (χ0v) is 17.5. The topological polar surface area (TPSA) is 23.5 Å². The van der Waals surface area contributed by atoms with Gasteiger partial charge in [-0.15, -0.1) is 0 Å². The van der Waals surface area contributed by atoms with Gasteiger partial charge >= 0.3 is 0 Å². The summed E-state index contributed by atoms with van der Waals surface area (Å²) in [6.07, 6.45) is 0. The Morgan fingerprint density at radius 1 is 0.645 bits per heavy atom. The first-order chi connectivity index (χ1) is 15.3. The molecular formula is C29H27NO. The summed E-state index contributed by atoms with van der Waals surface area (Å²) in [5, 5.41) is 12.5. The van der Waals surface area contributed by atoms with Crippen LogP contribution < -0.4 is 0 Å². The fourth-order valence-corrected chi connectivity index (χ4v) is 5.00. The Morgan fingerprint density at radius 3 is 1.61 bits per heavy atom. The van der Waals surface area contributed by atoms with Crippen LogP contribution in [0, 0.1) is 0 Å². The highest BCUT2D eigenvalue weighted by Gasteiger charge is 2.53. The molecule has 0 bridgehead atoms. The minimum absolute atomic E-state index is 0.0695. The lowest BCUT2D eigenvalue weighted by molar-refractivity contribution is -0.0925. The van der Waals surface area contributed by atoms with Gasteiger partial charge in [-0.3, -0.25) is 4.90 Å². The lowest BCUT2D eigenvalue weighted by atomic mass is 9.67. The Labute approximate surface area is 184 Å². The van der Waals surface area contributed by atoms with Crippen LogP contribution in [0.25, 0.3) is 0 Å². The van der Waals surface area contributed by atoms with Crippen molar-refractivity contribution in [3.63, 3.8) is 0 Å². The van der Waals surface area contributed by atoms with Gasteiger partial charge in [0.15, 0.2) is 0 Å². The summed E-state index contributed by atoms with van der Waals surface area (Å²) < 4.78 is 0. The molecule has 1 fully saturated rings. The number of hydrogen-bond acceptors (Lipinski definition) is 2. The number of nitrogens with zero attached hydrogens (tertiary/aromatic N) is 1. The largest absolute Gasteiger partial charge is 0.379 e. The van der Waals surface area contributed by atoms with Gasteiger partial charge in [-0.2, -0.15) is 0 Å². The molecule has 0 spiro atoms. The van der Waals surface area contributed by atoms with E-state index < -0.39 is 5.60 Å². The minimum Gasteiger partial charge on any atom is -0.379 e. The summed E-state index contributed by atoms with van der Waals surface area (Å²) in [6.45, 7) is 1.74. The fraction of sp³-hybridized carbons (Fsp3) is 0.172. The van der Waals surface area contributed by atoms with E-state index in [9.17, 15) is 5.11 Å². The molecule has 1 N–H and O–H groups in total. The Kier molecular flexibility index (Phi) is 5.42. The third-order valence-corrected chi connectivity index (χ3v) is 6.52. The van der Waals surface area contributed by atoms with Crippen LogP contribution in [0.5, 0.6) is 0 Å². The van der Waals surface area contributed by atoms with Crippen LogP contribution in [0.2, 0.25) is 0 Å². The normalized spacial score (nSPS) is 19.0. The van der Waals surface area contributed by atoms with Gasteiger partial charge in [-0.25, -0.2) is 0 Å². The van der Waals surface area contributed by atoms with Crippen LogP contribution in [0.1, 0.15) is 28.2 Å². The molecule has 0 radical (unpaired) electrons. The van der Waals surface area contributed by atoms with Gasteiger partial charge in [0.2, 0.25) is 0 Å². The Hall–Kier alpha value is -3.20. The molecule has 2 atom stereocenters. The van der Waals surface area contributed by atoms with Gasteiger partial charge in [0.25, 0.3) is 0 Å². The Bertz CT molecular complexity index is 1060. The SMILES string of the molecule is OC(c1ccccc1)(c1ccccc1)[C@H]1[C@H](c2ccccc2)CN1Cc1ccccc1. The molecule has 1 aliphatic rings. The van der Waals surface area contributed by atoms with Crippen molar-refractivity contribution in [2.24, 2.45) is 0 Å². The average molecular weight is 406 g/mol. The summed E-state index contributed by atoms with van der Waals surface area (Å²) in [6, 6.07) is 41.4. The van der Waals surface area contributed by atoms with E-state index in [-0.39, 0.29) is 12.0 Å². The zero-order chi connectivity index (χ0) is 21.1. The molecule has 0 aromatic heterocycles. The molecule has 4 aromatic rings. The first-order valence-electron chi connectivity index (χ1n) is 10.9. The molecule has 0 amide bonds. The van der Waals surface area contributed by atoms with Crippen molar-refractivity contribution in [2.45, 2.75) is 24.1 Å². The molecule has 1 saturated heterocycles. The first-order valence-corrected chi connectivity index (χ1v) is 10.9. The molecule has 0 saturated carbocycles. The predicted molar refractivity (Wildman–Crippen MR) is 126 cm³/mol. The van der Waals surface area contributed by atoms with Crippen molar-refractivity contribution in [2.75, 3.05) is 6.54 Å². The number of hydrogen-bond donors (Lipinski definition) is 1. The Balaban J connectivity index is 1.62. The van der Waals surface area contributed by atoms with E-state index in [4.69, 9.17) is 0 Å². The highest BCUT2D eigenvalue weighted by Crippen LogP contribution is 2.48. The maximum atomic E-state index is 12.5. The molecular weight excluding hydrogens is 378 g/mol. The van der Waals surface area contributed by atoms with Crippen LogP contribution in [0.3, 0.4) is 0 Å².